The van der Waals surface area contributed by atoms with Crippen LogP contribution in [0.4, 0.5) is 10.1 Å². The van der Waals surface area contributed by atoms with E-state index in [0.29, 0.717) is 0 Å². The normalized spacial score (nSPS) is 13.5. The van der Waals surface area contributed by atoms with Gasteiger partial charge in [-0.1, -0.05) is 0 Å². The molecule has 0 saturated carbocycles. The number of likely N-dealkylation sites (N-methyl/N-ethyl adjacent to an activating group) is 1. The van der Waals surface area contributed by atoms with E-state index in [-0.39, 0.29) is 28.9 Å². The first kappa shape index (κ1) is 16.7. The molecule has 0 radical (unpaired) electrons. The van der Waals surface area contributed by atoms with Gasteiger partial charge in [-0.2, -0.15) is 0 Å². The number of nitrogen functional groups attached to an aromatic ring is 1. The number of nitrogens with one attached hydrogen (secondary N) is 1. The van der Waals surface area contributed by atoms with Gasteiger partial charge in [-0.3, -0.25) is 0 Å². The van der Waals surface area contributed by atoms with Crippen LogP contribution >= 0.6 is 0 Å². The highest BCUT2D eigenvalue weighted by Gasteiger charge is 2.20. The molecule has 0 aliphatic carbocycles. The van der Waals surface area contributed by atoms with Crippen molar-refractivity contribution in [2.24, 2.45) is 0 Å². The Morgan fingerprint density at radius 3 is 2.50 bits per heavy atom. The standard InChI is InChI=1S/C12H20FN3O3S/c1-8(16(2)3)7-15-20(17,18)9-5-10(13)12(19-4)11(14)6-9/h5-6,8,15H,7,14H2,1-4H3. The molecule has 6 nitrogen and oxygen atoms in total. The summed E-state index contributed by atoms with van der Waals surface area (Å²) >= 11 is 0. The van der Waals surface area contributed by atoms with Crippen molar-refractivity contribution in [3.63, 3.8) is 0 Å². The molecule has 0 heterocycles. The van der Waals surface area contributed by atoms with E-state index in [9.17, 15) is 12.8 Å². The number of rotatable bonds is 6. The van der Waals surface area contributed by atoms with Crippen LogP contribution in [0, 0.1) is 5.82 Å². The topological polar surface area (TPSA) is 84.7 Å². The Morgan fingerprint density at radius 2 is 2.05 bits per heavy atom. The summed E-state index contributed by atoms with van der Waals surface area (Å²) in [5.74, 6) is -0.973. The summed E-state index contributed by atoms with van der Waals surface area (Å²) in [5.41, 5.74) is 5.51. The maximum absolute atomic E-state index is 13.7. The van der Waals surface area contributed by atoms with Gasteiger partial charge >= 0.3 is 0 Å². The Bertz CT molecular complexity index is 552. The summed E-state index contributed by atoms with van der Waals surface area (Å²) in [4.78, 5) is 1.64. The Morgan fingerprint density at radius 1 is 1.45 bits per heavy atom. The molecule has 0 amide bonds. The Balaban J connectivity index is 2.99. The lowest BCUT2D eigenvalue weighted by Crippen LogP contribution is -2.38. The third kappa shape index (κ3) is 3.81. The third-order valence-corrected chi connectivity index (χ3v) is 4.41. The molecule has 1 atom stereocenters. The maximum atomic E-state index is 13.7. The summed E-state index contributed by atoms with van der Waals surface area (Å²) in [5, 5.41) is 0. The molecule has 0 fully saturated rings. The van der Waals surface area contributed by atoms with E-state index < -0.39 is 15.8 Å². The molecule has 1 rings (SSSR count). The predicted octanol–water partition coefficient (Wildman–Crippen LogP) is 0.645. The van der Waals surface area contributed by atoms with Crippen molar-refractivity contribution in [3.05, 3.63) is 17.9 Å². The molecule has 1 unspecified atom stereocenters. The highest BCUT2D eigenvalue weighted by molar-refractivity contribution is 7.89. The zero-order valence-electron chi connectivity index (χ0n) is 12.0. The van der Waals surface area contributed by atoms with Gasteiger partial charge in [0.25, 0.3) is 0 Å². The van der Waals surface area contributed by atoms with Crippen LogP contribution in [0.5, 0.6) is 5.75 Å². The molecule has 1 aromatic carbocycles. The maximum Gasteiger partial charge on any atom is 0.240 e. The number of hydrogen-bond donors (Lipinski definition) is 2. The van der Waals surface area contributed by atoms with Crippen LogP contribution in [-0.4, -0.2) is 47.1 Å². The van der Waals surface area contributed by atoms with Gasteiger partial charge in [0.1, 0.15) is 0 Å². The lowest BCUT2D eigenvalue weighted by atomic mass is 10.3. The number of hydrogen-bond acceptors (Lipinski definition) is 5. The number of sulfonamides is 1. The van der Waals surface area contributed by atoms with Crippen LogP contribution in [0.2, 0.25) is 0 Å². The van der Waals surface area contributed by atoms with Gasteiger partial charge in [0.2, 0.25) is 10.0 Å². The van der Waals surface area contributed by atoms with Crippen molar-refractivity contribution < 1.29 is 17.5 Å². The fourth-order valence-electron chi connectivity index (χ4n) is 1.46. The fourth-order valence-corrected chi connectivity index (χ4v) is 2.62. The molecule has 0 aliphatic heterocycles. The minimum Gasteiger partial charge on any atom is -0.492 e. The molecule has 0 aromatic heterocycles. The number of anilines is 1. The van der Waals surface area contributed by atoms with Crippen LogP contribution in [0.1, 0.15) is 6.92 Å². The zero-order chi connectivity index (χ0) is 15.5. The van der Waals surface area contributed by atoms with Crippen molar-refractivity contribution in [2.45, 2.75) is 17.9 Å². The second-order valence-corrected chi connectivity index (χ2v) is 6.46. The van der Waals surface area contributed by atoms with Gasteiger partial charge in [0, 0.05) is 12.6 Å². The van der Waals surface area contributed by atoms with Crippen LogP contribution in [-0.2, 0) is 10.0 Å². The number of ether oxygens (including phenoxy) is 1. The van der Waals surface area contributed by atoms with Gasteiger partial charge in [-0.05, 0) is 33.2 Å². The fraction of sp³-hybridized carbons (Fsp3) is 0.500. The van der Waals surface area contributed by atoms with E-state index in [1.165, 1.54) is 13.2 Å². The molecule has 3 N–H and O–H groups in total. The molecule has 20 heavy (non-hydrogen) atoms. The van der Waals surface area contributed by atoms with E-state index in [0.717, 1.165) is 6.07 Å². The monoisotopic (exact) mass is 305 g/mol. The van der Waals surface area contributed by atoms with Gasteiger partial charge in [-0.15, -0.1) is 0 Å². The van der Waals surface area contributed by atoms with E-state index >= 15 is 0 Å². The van der Waals surface area contributed by atoms with Gasteiger partial charge in [-0.25, -0.2) is 17.5 Å². The molecule has 0 saturated heterocycles. The minimum atomic E-state index is -3.81. The van der Waals surface area contributed by atoms with Gasteiger partial charge in [0.05, 0.1) is 17.7 Å². The van der Waals surface area contributed by atoms with Gasteiger partial charge in [0.15, 0.2) is 11.6 Å². The van der Waals surface area contributed by atoms with Crippen molar-refractivity contribution in [2.75, 3.05) is 33.5 Å². The highest BCUT2D eigenvalue weighted by Crippen LogP contribution is 2.28. The molecular weight excluding hydrogens is 285 g/mol. The van der Waals surface area contributed by atoms with E-state index in [4.69, 9.17) is 10.5 Å². The van der Waals surface area contributed by atoms with Crippen LogP contribution in [0.25, 0.3) is 0 Å². The number of halogens is 1. The zero-order valence-corrected chi connectivity index (χ0v) is 12.8. The summed E-state index contributed by atoms with van der Waals surface area (Å²) in [7, 11) is 1.13. The minimum absolute atomic E-state index is 0.00483. The molecule has 114 valence electrons. The van der Waals surface area contributed by atoms with Crippen molar-refractivity contribution >= 4 is 15.7 Å². The van der Waals surface area contributed by atoms with Crippen molar-refractivity contribution in [3.8, 4) is 5.75 Å². The summed E-state index contributed by atoms with van der Waals surface area (Å²) in [6, 6.07) is 2.06. The molecule has 0 spiro atoms. The molecule has 1 aromatic rings. The number of benzene rings is 1. The second-order valence-electron chi connectivity index (χ2n) is 4.69. The summed E-state index contributed by atoms with van der Waals surface area (Å²) in [6.45, 7) is 2.08. The van der Waals surface area contributed by atoms with Crippen molar-refractivity contribution in [1.82, 2.24) is 9.62 Å². The number of nitrogens with zero attached hydrogens (tertiary/aromatic N) is 1. The van der Waals surface area contributed by atoms with E-state index in [1.807, 2.05) is 25.9 Å². The highest BCUT2D eigenvalue weighted by atomic mass is 32.2. The first-order chi connectivity index (χ1) is 9.19. The largest absolute Gasteiger partial charge is 0.492 e. The predicted molar refractivity (Wildman–Crippen MR) is 75.7 cm³/mol. The lowest BCUT2D eigenvalue weighted by molar-refractivity contribution is 0.314. The second kappa shape index (κ2) is 6.38. The Labute approximate surface area is 118 Å². The smallest absolute Gasteiger partial charge is 0.240 e. The molecular formula is C12H20FN3O3S. The van der Waals surface area contributed by atoms with Crippen LogP contribution in [0.15, 0.2) is 17.0 Å². The average Bonchev–Trinajstić information content (AvgIpc) is 2.35. The van der Waals surface area contributed by atoms with Crippen molar-refractivity contribution in [1.29, 1.82) is 0 Å². The Hall–Kier alpha value is -1.38. The molecule has 0 aliphatic rings. The average molecular weight is 305 g/mol. The van der Waals surface area contributed by atoms with Crippen LogP contribution < -0.4 is 15.2 Å². The Kier molecular flexibility index (Phi) is 5.32. The van der Waals surface area contributed by atoms with E-state index in [1.54, 1.807) is 0 Å². The first-order valence-electron chi connectivity index (χ1n) is 5.98. The van der Waals surface area contributed by atoms with Crippen LogP contribution in [0.3, 0.4) is 0 Å². The van der Waals surface area contributed by atoms with Gasteiger partial charge < -0.3 is 15.4 Å². The number of methoxy groups -OCH3 is 1. The first-order valence-corrected chi connectivity index (χ1v) is 7.46. The van der Waals surface area contributed by atoms with E-state index in [2.05, 4.69) is 4.72 Å². The third-order valence-electron chi connectivity index (χ3n) is 3.01. The number of nitrogens with two attached hydrogens (primary N) is 1. The SMILES string of the molecule is COc1c(N)cc(S(=O)(=O)NCC(C)N(C)C)cc1F. The lowest BCUT2D eigenvalue weighted by Gasteiger charge is -2.20. The quantitative estimate of drug-likeness (QED) is 0.754. The summed E-state index contributed by atoms with van der Waals surface area (Å²) < 4.78 is 45.0. The molecule has 0 bridgehead atoms. The summed E-state index contributed by atoms with van der Waals surface area (Å²) in [6.07, 6.45) is 0. The molecule has 8 heteroatoms.